The lowest BCUT2D eigenvalue weighted by Crippen LogP contribution is -2.32. The third-order valence-electron chi connectivity index (χ3n) is 11.0. The second-order valence-electron chi connectivity index (χ2n) is 14.4. The molecule has 0 N–H and O–H groups in total. The minimum atomic E-state index is -0.518. The highest BCUT2D eigenvalue weighted by atomic mass is 16.7. The van der Waals surface area contributed by atoms with E-state index in [1.54, 1.807) is 0 Å². The standard InChI is InChI=1S/C40H46N3O4/c1-39(2)30-18-10-14-28-16-12-26-41(37(28)30)32(39)20-6-4-7-21-33-40(3,31-19-11-15-29-17-13-27-42(33)38(29)31)25-9-5-8-22-36(46)47-43-34(44)23-24-35(43)45/h4,6-7,10-11,14-15,18-21H,5,8-9,12-13,16-17,22-27H2,1-3H3/q+1. The lowest BCUT2D eigenvalue weighted by molar-refractivity contribution is -0.443. The van der Waals surface area contributed by atoms with Gasteiger partial charge in [0, 0.05) is 66.2 Å². The number of anilines is 1. The molecule has 0 saturated carbocycles. The van der Waals surface area contributed by atoms with Gasteiger partial charge in [-0.15, -0.1) is 5.06 Å². The molecule has 1 atom stereocenters. The first-order valence-corrected chi connectivity index (χ1v) is 17.5. The topological polar surface area (TPSA) is 69.9 Å². The highest BCUT2D eigenvalue weighted by Gasteiger charge is 2.47. The number of hydrogen-bond donors (Lipinski definition) is 0. The molecule has 5 aliphatic rings. The van der Waals surface area contributed by atoms with Crippen molar-refractivity contribution in [3.63, 3.8) is 0 Å². The Morgan fingerprint density at radius 2 is 1.62 bits per heavy atom. The van der Waals surface area contributed by atoms with Gasteiger partial charge in [-0.05, 0) is 70.1 Å². The lowest BCUT2D eigenvalue weighted by atomic mass is 9.76. The predicted octanol–water partition coefficient (Wildman–Crippen LogP) is 7.29. The van der Waals surface area contributed by atoms with Gasteiger partial charge in [0.2, 0.25) is 5.69 Å². The number of imide groups is 1. The first-order valence-electron chi connectivity index (χ1n) is 17.5. The monoisotopic (exact) mass is 632 g/mol. The Kier molecular flexibility index (Phi) is 8.27. The smallest absolute Gasteiger partial charge is 0.333 e. The van der Waals surface area contributed by atoms with E-state index in [9.17, 15) is 14.4 Å². The van der Waals surface area contributed by atoms with Gasteiger partial charge in [0.25, 0.3) is 11.8 Å². The molecule has 5 heterocycles. The Labute approximate surface area is 278 Å². The van der Waals surface area contributed by atoms with E-state index in [0.29, 0.717) is 11.5 Å². The van der Waals surface area contributed by atoms with Crippen LogP contribution in [0.2, 0.25) is 0 Å². The molecular formula is C40H46N3O4+. The van der Waals surface area contributed by atoms with Crippen LogP contribution >= 0.6 is 0 Å². The van der Waals surface area contributed by atoms with E-state index in [0.717, 1.165) is 51.6 Å². The van der Waals surface area contributed by atoms with Gasteiger partial charge in [0.1, 0.15) is 6.54 Å². The van der Waals surface area contributed by atoms with Gasteiger partial charge in [-0.3, -0.25) is 9.59 Å². The van der Waals surface area contributed by atoms with Crippen LogP contribution in [-0.2, 0) is 42.9 Å². The fourth-order valence-electron chi connectivity index (χ4n) is 8.57. The van der Waals surface area contributed by atoms with Gasteiger partial charge < -0.3 is 9.74 Å². The Morgan fingerprint density at radius 3 is 2.43 bits per heavy atom. The maximum atomic E-state index is 12.3. The van der Waals surface area contributed by atoms with E-state index in [1.807, 2.05) is 0 Å². The summed E-state index contributed by atoms with van der Waals surface area (Å²) in [4.78, 5) is 43.5. The van der Waals surface area contributed by atoms with Crippen LogP contribution in [0.25, 0.3) is 0 Å². The molecule has 0 bridgehead atoms. The molecule has 0 spiro atoms. The van der Waals surface area contributed by atoms with Crippen LogP contribution in [-0.4, -0.2) is 46.2 Å². The van der Waals surface area contributed by atoms with Gasteiger partial charge in [-0.2, -0.15) is 4.58 Å². The molecule has 2 aromatic carbocycles. The molecule has 2 aromatic rings. The van der Waals surface area contributed by atoms with Gasteiger partial charge in [0.05, 0.1) is 5.41 Å². The van der Waals surface area contributed by atoms with E-state index in [2.05, 4.69) is 97.0 Å². The summed E-state index contributed by atoms with van der Waals surface area (Å²) in [6.45, 7) is 9.17. The van der Waals surface area contributed by atoms with Crippen LogP contribution in [0.15, 0.2) is 72.5 Å². The molecular weight excluding hydrogens is 586 g/mol. The molecule has 1 unspecified atom stereocenters. The molecule has 7 rings (SSSR count). The van der Waals surface area contributed by atoms with Crippen molar-refractivity contribution in [3.8, 4) is 0 Å². The van der Waals surface area contributed by atoms with Crippen LogP contribution < -0.4 is 4.90 Å². The summed E-state index contributed by atoms with van der Waals surface area (Å²) in [5.41, 5.74) is 11.1. The maximum absolute atomic E-state index is 12.3. The van der Waals surface area contributed by atoms with Crippen molar-refractivity contribution in [3.05, 3.63) is 94.7 Å². The van der Waals surface area contributed by atoms with Crippen molar-refractivity contribution < 1.29 is 23.8 Å². The fourth-order valence-corrected chi connectivity index (χ4v) is 8.57. The first kappa shape index (κ1) is 31.3. The summed E-state index contributed by atoms with van der Waals surface area (Å²) in [6.07, 6.45) is 19.7. The van der Waals surface area contributed by atoms with Crippen LogP contribution in [0, 0.1) is 0 Å². The minimum Gasteiger partial charge on any atom is -0.344 e. The van der Waals surface area contributed by atoms with Crippen LogP contribution in [0.1, 0.15) is 101 Å². The van der Waals surface area contributed by atoms with E-state index in [-0.39, 0.29) is 30.1 Å². The molecule has 0 radical (unpaired) electrons. The summed E-state index contributed by atoms with van der Waals surface area (Å²) in [5.74, 6) is -1.39. The van der Waals surface area contributed by atoms with Crippen LogP contribution in [0.5, 0.6) is 0 Å². The average Bonchev–Trinajstić information content (AvgIpc) is 3.59. The van der Waals surface area contributed by atoms with E-state index >= 15 is 0 Å². The normalized spacial score (nSPS) is 23.5. The van der Waals surface area contributed by atoms with Crippen molar-refractivity contribution in [1.82, 2.24) is 5.06 Å². The summed E-state index contributed by atoms with van der Waals surface area (Å²) < 4.78 is 2.54. The molecule has 1 fully saturated rings. The number of aryl methyl sites for hydroxylation is 2. The van der Waals surface area contributed by atoms with Gasteiger partial charge in [-0.1, -0.05) is 67.5 Å². The summed E-state index contributed by atoms with van der Waals surface area (Å²) in [5, 5.41) is 0.641. The molecule has 2 amide bonds. The minimum absolute atomic E-state index is 0.0197. The number of benzene rings is 2. The Morgan fingerprint density at radius 1 is 0.872 bits per heavy atom. The number of hydrogen-bond acceptors (Lipinski definition) is 5. The number of carbonyl (C=O) groups is 3. The molecule has 7 nitrogen and oxygen atoms in total. The molecule has 47 heavy (non-hydrogen) atoms. The highest BCUT2D eigenvalue weighted by molar-refractivity contribution is 6.03. The number of hydroxylamine groups is 2. The Bertz CT molecular complexity index is 1750. The fraction of sp³-hybridized carbons (Fsp3) is 0.450. The molecule has 0 aromatic heterocycles. The van der Waals surface area contributed by atoms with Crippen molar-refractivity contribution in [2.24, 2.45) is 0 Å². The zero-order chi connectivity index (χ0) is 32.8. The molecule has 0 aliphatic carbocycles. The average molecular weight is 633 g/mol. The van der Waals surface area contributed by atoms with E-state index in [1.165, 1.54) is 51.5 Å². The number of rotatable bonds is 10. The zero-order valence-corrected chi connectivity index (χ0v) is 28.0. The Balaban J connectivity index is 1.05. The SMILES string of the molecule is CC1(C)C(C=CC=CC=C2N3CCCc4cccc(c43)C2(C)CCCCCC(=O)ON2C(=O)CCC2=O)=[N+]2CCCc3cccc1c32. The van der Waals surface area contributed by atoms with Gasteiger partial charge in [0.15, 0.2) is 5.71 Å². The number of nitrogens with zero attached hydrogens (tertiary/aromatic N) is 3. The van der Waals surface area contributed by atoms with Crippen molar-refractivity contribution in [2.75, 3.05) is 18.0 Å². The van der Waals surface area contributed by atoms with Gasteiger partial charge in [-0.25, -0.2) is 4.79 Å². The number of unbranched alkanes of at least 4 members (excludes halogenated alkanes) is 2. The Hall–Kier alpha value is -4.26. The predicted molar refractivity (Wildman–Crippen MR) is 184 cm³/mol. The third kappa shape index (κ3) is 5.47. The number of amides is 2. The zero-order valence-electron chi connectivity index (χ0n) is 28.0. The molecule has 7 heteroatoms. The lowest BCUT2D eigenvalue weighted by Gasteiger charge is -2.32. The second-order valence-corrected chi connectivity index (χ2v) is 14.4. The van der Waals surface area contributed by atoms with Crippen LogP contribution in [0.4, 0.5) is 11.4 Å². The number of carbonyl (C=O) groups excluding carboxylic acids is 3. The largest absolute Gasteiger partial charge is 0.344 e. The summed E-state index contributed by atoms with van der Waals surface area (Å²) in [6, 6.07) is 13.6. The summed E-state index contributed by atoms with van der Waals surface area (Å²) >= 11 is 0. The number of allylic oxidation sites excluding steroid dienone is 6. The maximum Gasteiger partial charge on any atom is 0.333 e. The quantitative estimate of drug-likeness (QED) is 0.119. The highest BCUT2D eigenvalue weighted by Crippen LogP contribution is 2.53. The molecule has 1 saturated heterocycles. The van der Waals surface area contributed by atoms with Crippen molar-refractivity contribution >= 4 is 34.9 Å². The molecule has 5 aliphatic heterocycles. The molecule has 244 valence electrons. The van der Waals surface area contributed by atoms with Crippen molar-refractivity contribution in [2.45, 2.75) is 102 Å². The summed E-state index contributed by atoms with van der Waals surface area (Å²) in [7, 11) is 0. The van der Waals surface area contributed by atoms with Gasteiger partial charge >= 0.3 is 5.97 Å². The van der Waals surface area contributed by atoms with Crippen molar-refractivity contribution in [1.29, 1.82) is 0 Å². The van der Waals surface area contributed by atoms with Crippen LogP contribution in [0.3, 0.4) is 0 Å². The van der Waals surface area contributed by atoms with E-state index < -0.39 is 17.8 Å². The third-order valence-corrected chi connectivity index (χ3v) is 11.0. The first-order chi connectivity index (χ1) is 22.7. The second kappa shape index (κ2) is 12.4. The number of para-hydroxylation sites is 2. The van der Waals surface area contributed by atoms with E-state index in [4.69, 9.17) is 4.84 Å².